The van der Waals surface area contributed by atoms with E-state index >= 15 is 0 Å². The SMILES string of the molecule is CC(C)(C)OC(=O)Nc1noc(-c2cc(Cl)c(Cl)c3[nH]c4c(c23)CC(=O)NCC4)n1. The number of H-pyrrole nitrogens is 1. The molecule has 0 atom stereocenters. The molecule has 0 aliphatic carbocycles. The molecular weight excluding hydrogens is 433 g/mol. The summed E-state index contributed by atoms with van der Waals surface area (Å²) >= 11 is 12.7. The van der Waals surface area contributed by atoms with E-state index < -0.39 is 11.7 Å². The van der Waals surface area contributed by atoms with Crippen LogP contribution in [-0.2, 0) is 22.4 Å². The molecule has 3 N–H and O–H groups in total. The third-order valence-corrected chi connectivity index (χ3v) is 5.25. The quantitative estimate of drug-likeness (QED) is 0.539. The molecule has 4 rings (SSSR count). The van der Waals surface area contributed by atoms with Crippen LogP contribution in [0.4, 0.5) is 10.7 Å². The van der Waals surface area contributed by atoms with Crippen LogP contribution in [0.25, 0.3) is 22.4 Å². The molecule has 158 valence electrons. The fraction of sp³-hybridized carbons (Fsp3) is 0.368. The molecule has 2 amide bonds. The zero-order valence-electron chi connectivity index (χ0n) is 16.5. The van der Waals surface area contributed by atoms with Crippen molar-refractivity contribution in [3.8, 4) is 11.5 Å². The average molecular weight is 452 g/mol. The van der Waals surface area contributed by atoms with Crippen LogP contribution in [0.3, 0.4) is 0 Å². The van der Waals surface area contributed by atoms with Gasteiger partial charge in [-0.3, -0.25) is 10.1 Å². The Hall–Kier alpha value is -2.78. The topological polar surface area (TPSA) is 122 Å². The van der Waals surface area contributed by atoms with Crippen LogP contribution >= 0.6 is 23.2 Å². The highest BCUT2D eigenvalue weighted by Crippen LogP contribution is 2.41. The van der Waals surface area contributed by atoms with Gasteiger partial charge in [0.15, 0.2) is 0 Å². The molecule has 3 aromatic rings. The minimum absolute atomic E-state index is 0.0576. The molecule has 1 aliphatic heterocycles. The van der Waals surface area contributed by atoms with Gasteiger partial charge in [0.2, 0.25) is 5.91 Å². The summed E-state index contributed by atoms with van der Waals surface area (Å²) in [6.07, 6.45) is 0.0943. The third-order valence-electron chi connectivity index (χ3n) is 4.47. The number of amides is 2. The van der Waals surface area contributed by atoms with Crippen molar-refractivity contribution < 1.29 is 18.8 Å². The first-order valence-electron chi connectivity index (χ1n) is 9.24. The molecule has 0 saturated heterocycles. The number of aromatic nitrogens is 3. The molecule has 0 saturated carbocycles. The Labute approximate surface area is 181 Å². The summed E-state index contributed by atoms with van der Waals surface area (Å²) in [6.45, 7) is 5.75. The van der Waals surface area contributed by atoms with Gasteiger partial charge in [-0.25, -0.2) is 4.79 Å². The maximum absolute atomic E-state index is 12.1. The van der Waals surface area contributed by atoms with E-state index in [9.17, 15) is 9.59 Å². The molecule has 3 heterocycles. The Morgan fingerprint density at radius 1 is 1.33 bits per heavy atom. The van der Waals surface area contributed by atoms with Crippen LogP contribution in [0.2, 0.25) is 10.0 Å². The van der Waals surface area contributed by atoms with Gasteiger partial charge in [0, 0.05) is 24.0 Å². The second-order valence-corrected chi connectivity index (χ2v) is 8.66. The van der Waals surface area contributed by atoms with Crippen molar-refractivity contribution in [2.75, 3.05) is 11.9 Å². The molecule has 30 heavy (non-hydrogen) atoms. The van der Waals surface area contributed by atoms with Gasteiger partial charge in [-0.2, -0.15) is 4.98 Å². The van der Waals surface area contributed by atoms with E-state index in [1.54, 1.807) is 26.8 Å². The van der Waals surface area contributed by atoms with Crippen LogP contribution in [-0.4, -0.2) is 39.3 Å². The van der Waals surface area contributed by atoms with Crippen LogP contribution in [0.5, 0.6) is 0 Å². The molecular formula is C19H19Cl2N5O4. The summed E-state index contributed by atoms with van der Waals surface area (Å²) in [4.78, 5) is 31.6. The molecule has 11 heteroatoms. The highest BCUT2D eigenvalue weighted by atomic mass is 35.5. The highest BCUT2D eigenvalue weighted by molar-refractivity contribution is 6.45. The number of benzene rings is 1. The first-order valence-corrected chi connectivity index (χ1v) is 10.00. The monoisotopic (exact) mass is 451 g/mol. The van der Waals surface area contributed by atoms with E-state index in [4.69, 9.17) is 32.5 Å². The highest BCUT2D eigenvalue weighted by Gasteiger charge is 2.26. The summed E-state index contributed by atoms with van der Waals surface area (Å²) in [5.74, 6) is -0.0293. The molecule has 9 nitrogen and oxygen atoms in total. The lowest BCUT2D eigenvalue weighted by Crippen LogP contribution is -2.27. The first-order chi connectivity index (χ1) is 14.1. The normalized spacial score (nSPS) is 14.2. The minimum Gasteiger partial charge on any atom is -0.444 e. The van der Waals surface area contributed by atoms with Gasteiger partial charge in [0.1, 0.15) is 5.60 Å². The average Bonchev–Trinajstić information content (AvgIpc) is 3.17. The standard InChI is InChI=1S/C19H19Cl2N5O4/c1-19(2,3)29-18(28)25-17-24-16(30-26-17)9-6-10(20)14(21)15-13(9)8-7-12(27)22-5-4-11(8)23-15/h6,23H,4-5,7H2,1-3H3,(H,22,27)(H,25,26,28). The van der Waals surface area contributed by atoms with Crippen molar-refractivity contribution in [1.82, 2.24) is 20.4 Å². The number of halogens is 2. The Bertz CT molecular complexity index is 1160. The smallest absolute Gasteiger partial charge is 0.414 e. The lowest BCUT2D eigenvalue weighted by molar-refractivity contribution is -0.120. The summed E-state index contributed by atoms with van der Waals surface area (Å²) in [5, 5.41) is 10.4. The summed E-state index contributed by atoms with van der Waals surface area (Å²) in [7, 11) is 0. The number of nitrogens with zero attached hydrogens (tertiary/aromatic N) is 2. The van der Waals surface area contributed by atoms with Gasteiger partial charge >= 0.3 is 6.09 Å². The van der Waals surface area contributed by atoms with E-state index in [1.165, 1.54) is 0 Å². The van der Waals surface area contributed by atoms with E-state index in [-0.39, 0.29) is 24.2 Å². The maximum atomic E-state index is 12.1. The number of ether oxygens (including phenoxy) is 1. The third kappa shape index (κ3) is 3.95. The number of aromatic amines is 1. The van der Waals surface area contributed by atoms with Gasteiger partial charge in [0.25, 0.3) is 11.8 Å². The number of anilines is 1. The van der Waals surface area contributed by atoms with Crippen LogP contribution < -0.4 is 10.6 Å². The van der Waals surface area contributed by atoms with Crippen molar-refractivity contribution in [3.63, 3.8) is 0 Å². The van der Waals surface area contributed by atoms with Crippen molar-refractivity contribution >= 4 is 52.1 Å². The molecule has 0 spiro atoms. The van der Waals surface area contributed by atoms with E-state index in [2.05, 4.69) is 25.8 Å². The second kappa shape index (κ2) is 7.48. The molecule has 0 bridgehead atoms. The number of rotatable bonds is 2. The summed E-state index contributed by atoms with van der Waals surface area (Å²) in [6, 6.07) is 1.61. The van der Waals surface area contributed by atoms with Crippen LogP contribution in [0.15, 0.2) is 10.6 Å². The lowest BCUT2D eigenvalue weighted by Gasteiger charge is -2.18. The maximum Gasteiger partial charge on any atom is 0.414 e. The Balaban J connectivity index is 1.77. The molecule has 1 aliphatic rings. The second-order valence-electron chi connectivity index (χ2n) is 7.88. The fourth-order valence-electron chi connectivity index (χ4n) is 3.34. The van der Waals surface area contributed by atoms with Gasteiger partial charge in [-0.1, -0.05) is 23.2 Å². The van der Waals surface area contributed by atoms with Gasteiger partial charge in [0.05, 0.1) is 27.5 Å². The number of nitrogens with one attached hydrogen (secondary N) is 3. The fourth-order valence-corrected chi connectivity index (χ4v) is 3.74. The van der Waals surface area contributed by atoms with Gasteiger partial charge < -0.3 is 19.6 Å². The van der Waals surface area contributed by atoms with Crippen molar-refractivity contribution in [3.05, 3.63) is 27.4 Å². The number of carbonyl (C=O) groups excluding carboxylic acids is 2. The van der Waals surface area contributed by atoms with Crippen LogP contribution in [0, 0.1) is 0 Å². The molecule has 1 aromatic carbocycles. The number of hydrogen-bond donors (Lipinski definition) is 3. The predicted molar refractivity (Wildman–Crippen MR) is 112 cm³/mol. The molecule has 2 aromatic heterocycles. The summed E-state index contributed by atoms with van der Waals surface area (Å²) < 4.78 is 10.5. The van der Waals surface area contributed by atoms with Crippen molar-refractivity contribution in [2.24, 2.45) is 0 Å². The molecule has 0 fully saturated rings. The first kappa shape index (κ1) is 20.5. The Morgan fingerprint density at radius 2 is 2.10 bits per heavy atom. The van der Waals surface area contributed by atoms with Gasteiger partial charge in [-0.05, 0) is 37.6 Å². The van der Waals surface area contributed by atoms with E-state index in [1.807, 2.05) is 0 Å². The molecule has 0 unspecified atom stereocenters. The number of fused-ring (bicyclic) bond motifs is 3. The predicted octanol–water partition coefficient (Wildman–Crippen LogP) is 4.09. The zero-order valence-corrected chi connectivity index (χ0v) is 18.0. The van der Waals surface area contributed by atoms with Crippen molar-refractivity contribution in [1.29, 1.82) is 0 Å². The Kier molecular flexibility index (Phi) is 5.11. The van der Waals surface area contributed by atoms with Crippen molar-refractivity contribution in [2.45, 2.75) is 39.2 Å². The summed E-state index contributed by atoms with van der Waals surface area (Å²) in [5.41, 5.74) is 2.12. The number of carbonyl (C=O) groups is 2. The number of hydrogen-bond acceptors (Lipinski definition) is 6. The van der Waals surface area contributed by atoms with E-state index in [0.29, 0.717) is 39.5 Å². The molecule has 0 radical (unpaired) electrons. The zero-order chi connectivity index (χ0) is 21.6. The van der Waals surface area contributed by atoms with Crippen LogP contribution in [0.1, 0.15) is 32.0 Å². The van der Waals surface area contributed by atoms with E-state index in [0.717, 1.165) is 11.3 Å². The Morgan fingerprint density at radius 3 is 2.83 bits per heavy atom. The largest absolute Gasteiger partial charge is 0.444 e. The van der Waals surface area contributed by atoms with Gasteiger partial charge in [-0.15, -0.1) is 0 Å². The minimum atomic E-state index is -0.707. The lowest BCUT2D eigenvalue weighted by atomic mass is 10.0.